The summed E-state index contributed by atoms with van der Waals surface area (Å²) in [6.45, 7) is 6.26. The fourth-order valence-corrected chi connectivity index (χ4v) is 1.43. The monoisotopic (exact) mass is 246 g/mol. The van der Waals surface area contributed by atoms with Crippen LogP contribution in [0, 0.1) is 0 Å². The maximum absolute atomic E-state index is 11.8. The van der Waals surface area contributed by atoms with Crippen LogP contribution in [0.15, 0.2) is 0 Å². The molecule has 0 rings (SSSR count). The Morgan fingerprint density at radius 2 is 2.00 bits per heavy atom. The number of carboxylic acids is 1. The lowest BCUT2D eigenvalue weighted by Gasteiger charge is -2.27. The van der Waals surface area contributed by atoms with Gasteiger partial charge in [-0.2, -0.15) is 0 Å². The fraction of sp³-hybridized carbons (Fsp3) is 0.818. The molecule has 0 aromatic carbocycles. The van der Waals surface area contributed by atoms with Crippen LogP contribution in [0.5, 0.6) is 0 Å². The van der Waals surface area contributed by atoms with Gasteiger partial charge in [0, 0.05) is 26.2 Å². The number of ether oxygens (including phenoxy) is 1. The van der Waals surface area contributed by atoms with Crippen LogP contribution in [0.4, 0.5) is 4.79 Å². The fourth-order valence-electron chi connectivity index (χ4n) is 1.43. The van der Waals surface area contributed by atoms with Crippen molar-refractivity contribution in [2.75, 3.05) is 20.2 Å². The highest BCUT2D eigenvalue weighted by Gasteiger charge is 2.20. The Morgan fingerprint density at radius 3 is 2.41 bits per heavy atom. The zero-order valence-electron chi connectivity index (χ0n) is 10.9. The number of nitrogens with zero attached hydrogens (tertiary/aromatic N) is 1. The first-order valence-corrected chi connectivity index (χ1v) is 5.71. The number of hydrogen-bond acceptors (Lipinski definition) is 3. The summed E-state index contributed by atoms with van der Waals surface area (Å²) in [5.74, 6) is -0.908. The molecule has 100 valence electrons. The maximum atomic E-state index is 11.8. The Morgan fingerprint density at radius 1 is 1.41 bits per heavy atom. The van der Waals surface area contributed by atoms with Crippen LogP contribution in [0.2, 0.25) is 0 Å². The van der Waals surface area contributed by atoms with Crippen molar-refractivity contribution in [2.45, 2.75) is 39.3 Å². The van der Waals surface area contributed by atoms with Crippen LogP contribution in [-0.2, 0) is 9.53 Å². The average Bonchev–Trinajstić information content (AvgIpc) is 2.25. The van der Waals surface area contributed by atoms with E-state index in [0.717, 1.165) is 0 Å². The molecule has 17 heavy (non-hydrogen) atoms. The Balaban J connectivity index is 4.24. The molecule has 0 aliphatic rings. The van der Waals surface area contributed by atoms with Gasteiger partial charge in [0.25, 0.3) is 0 Å². The minimum atomic E-state index is -0.908. The molecule has 0 aromatic heterocycles. The van der Waals surface area contributed by atoms with Gasteiger partial charge in [0.2, 0.25) is 0 Å². The third-order valence-electron chi connectivity index (χ3n) is 2.55. The summed E-state index contributed by atoms with van der Waals surface area (Å²) in [5, 5.41) is 11.4. The lowest BCUT2D eigenvalue weighted by Crippen LogP contribution is -2.47. The van der Waals surface area contributed by atoms with E-state index in [-0.39, 0.29) is 24.6 Å². The second-order valence-corrected chi connectivity index (χ2v) is 3.97. The molecular formula is C11H22N2O4. The van der Waals surface area contributed by atoms with E-state index in [1.807, 2.05) is 13.8 Å². The smallest absolute Gasteiger partial charge is 0.317 e. The first kappa shape index (κ1) is 15.7. The van der Waals surface area contributed by atoms with Crippen LogP contribution in [0.1, 0.15) is 27.2 Å². The van der Waals surface area contributed by atoms with Gasteiger partial charge in [0.05, 0.1) is 12.5 Å². The Kier molecular flexibility index (Phi) is 7.29. The summed E-state index contributed by atoms with van der Waals surface area (Å²) in [7, 11) is 1.57. The van der Waals surface area contributed by atoms with E-state index >= 15 is 0 Å². The molecule has 0 aliphatic heterocycles. The second-order valence-electron chi connectivity index (χ2n) is 3.97. The van der Waals surface area contributed by atoms with Crippen molar-refractivity contribution in [3.05, 3.63) is 0 Å². The largest absolute Gasteiger partial charge is 0.481 e. The van der Waals surface area contributed by atoms with E-state index in [2.05, 4.69) is 5.32 Å². The average molecular weight is 246 g/mol. The molecule has 0 bridgehead atoms. The van der Waals surface area contributed by atoms with Gasteiger partial charge in [-0.15, -0.1) is 0 Å². The minimum absolute atomic E-state index is 0.0545. The molecule has 0 heterocycles. The molecule has 0 radical (unpaired) electrons. The van der Waals surface area contributed by atoms with Gasteiger partial charge in [-0.3, -0.25) is 4.79 Å². The number of aliphatic carboxylic acids is 1. The third kappa shape index (κ3) is 6.11. The van der Waals surface area contributed by atoms with Gasteiger partial charge in [-0.05, 0) is 20.8 Å². The van der Waals surface area contributed by atoms with E-state index in [9.17, 15) is 9.59 Å². The number of hydrogen-bond donors (Lipinski definition) is 2. The normalized spacial score (nSPS) is 13.9. The van der Waals surface area contributed by atoms with Crippen molar-refractivity contribution < 1.29 is 19.4 Å². The van der Waals surface area contributed by atoms with Gasteiger partial charge in [0.1, 0.15) is 0 Å². The van der Waals surface area contributed by atoms with Crippen molar-refractivity contribution in [2.24, 2.45) is 0 Å². The number of urea groups is 1. The Bertz CT molecular complexity index is 258. The quantitative estimate of drug-likeness (QED) is 0.700. The molecule has 0 fully saturated rings. The van der Waals surface area contributed by atoms with Crippen LogP contribution in [-0.4, -0.2) is 54.4 Å². The van der Waals surface area contributed by atoms with Gasteiger partial charge in [-0.25, -0.2) is 4.79 Å². The molecule has 6 nitrogen and oxygen atoms in total. The Labute approximate surface area is 102 Å². The lowest BCUT2D eigenvalue weighted by molar-refractivity contribution is -0.138. The predicted octanol–water partition coefficient (Wildman–Crippen LogP) is 0.916. The summed E-state index contributed by atoms with van der Waals surface area (Å²) < 4.78 is 5.01. The minimum Gasteiger partial charge on any atom is -0.481 e. The highest BCUT2D eigenvalue weighted by atomic mass is 16.5. The van der Waals surface area contributed by atoms with E-state index in [0.29, 0.717) is 13.1 Å². The summed E-state index contributed by atoms with van der Waals surface area (Å²) in [6, 6.07) is -0.583. The molecule has 2 amide bonds. The van der Waals surface area contributed by atoms with E-state index in [4.69, 9.17) is 9.84 Å². The third-order valence-corrected chi connectivity index (χ3v) is 2.55. The zero-order chi connectivity index (χ0) is 13.4. The van der Waals surface area contributed by atoms with E-state index in [1.54, 1.807) is 14.0 Å². The number of amides is 2. The molecular weight excluding hydrogens is 224 g/mol. The van der Waals surface area contributed by atoms with Crippen LogP contribution >= 0.6 is 0 Å². The summed E-state index contributed by atoms with van der Waals surface area (Å²) >= 11 is 0. The van der Waals surface area contributed by atoms with Crippen LogP contribution < -0.4 is 5.32 Å². The molecule has 0 spiro atoms. The number of carbonyl (C=O) groups excluding carboxylic acids is 1. The molecule has 0 saturated heterocycles. The molecule has 2 N–H and O–H groups in total. The number of nitrogens with one attached hydrogen (secondary N) is 1. The summed E-state index contributed by atoms with van der Waals surface area (Å²) in [6.07, 6.45) is -0.117. The molecule has 0 aliphatic carbocycles. The summed E-state index contributed by atoms with van der Waals surface area (Å²) in [4.78, 5) is 23.9. The number of rotatable bonds is 7. The topological polar surface area (TPSA) is 78.9 Å². The van der Waals surface area contributed by atoms with E-state index in [1.165, 1.54) is 4.90 Å². The number of carboxylic acid groups (broad SMARTS) is 1. The van der Waals surface area contributed by atoms with Crippen LogP contribution in [0.3, 0.4) is 0 Å². The van der Waals surface area contributed by atoms with Crippen molar-refractivity contribution >= 4 is 12.0 Å². The molecule has 2 atom stereocenters. The lowest BCUT2D eigenvalue weighted by atomic mass is 10.2. The summed E-state index contributed by atoms with van der Waals surface area (Å²) in [5.41, 5.74) is 0. The molecule has 6 heteroatoms. The first-order chi connectivity index (χ1) is 7.92. The molecule has 0 saturated carbocycles. The zero-order valence-corrected chi connectivity index (χ0v) is 10.9. The maximum Gasteiger partial charge on any atom is 0.317 e. The van der Waals surface area contributed by atoms with Crippen molar-refractivity contribution in [1.29, 1.82) is 0 Å². The van der Waals surface area contributed by atoms with Gasteiger partial charge in [-0.1, -0.05) is 0 Å². The SMILES string of the molecule is CCN(C(=O)NCC(C)OC)C(C)CC(=O)O. The standard InChI is InChI=1S/C11H22N2O4/c1-5-13(8(2)6-10(14)15)11(16)12-7-9(3)17-4/h8-9H,5-7H2,1-4H3,(H,12,16)(H,14,15). The highest BCUT2D eigenvalue weighted by molar-refractivity contribution is 5.75. The molecule has 2 unspecified atom stereocenters. The van der Waals surface area contributed by atoms with Gasteiger partial charge >= 0.3 is 12.0 Å². The van der Waals surface area contributed by atoms with Crippen LogP contribution in [0.25, 0.3) is 0 Å². The second kappa shape index (κ2) is 7.89. The van der Waals surface area contributed by atoms with E-state index < -0.39 is 5.97 Å². The van der Waals surface area contributed by atoms with Crippen molar-refractivity contribution in [3.8, 4) is 0 Å². The van der Waals surface area contributed by atoms with Gasteiger partial charge < -0.3 is 20.1 Å². The van der Waals surface area contributed by atoms with Crippen molar-refractivity contribution in [1.82, 2.24) is 10.2 Å². The predicted molar refractivity (Wildman–Crippen MR) is 64.0 cm³/mol. The number of carbonyl (C=O) groups is 2. The Hall–Kier alpha value is -1.30. The molecule has 0 aromatic rings. The van der Waals surface area contributed by atoms with Crippen molar-refractivity contribution in [3.63, 3.8) is 0 Å². The number of methoxy groups -OCH3 is 1. The van der Waals surface area contributed by atoms with Gasteiger partial charge in [0.15, 0.2) is 0 Å². The first-order valence-electron chi connectivity index (χ1n) is 5.71. The highest BCUT2D eigenvalue weighted by Crippen LogP contribution is 2.04.